The molecule has 4 rings (SSSR count). The second-order valence-corrected chi connectivity index (χ2v) is 7.43. The zero-order valence-electron chi connectivity index (χ0n) is 15.2. The SMILES string of the molecule is CC1CN(C)CCN1c1nc(N)nc2c1CCCC2c1ccccc1. The third kappa shape index (κ3) is 3.09. The van der Waals surface area contributed by atoms with Crippen molar-refractivity contribution in [3.8, 4) is 0 Å². The minimum atomic E-state index is 0.330. The first-order valence-electron chi connectivity index (χ1n) is 9.30. The molecule has 0 saturated carbocycles. The molecule has 0 bridgehead atoms. The van der Waals surface area contributed by atoms with Crippen molar-refractivity contribution < 1.29 is 0 Å². The van der Waals surface area contributed by atoms with Crippen molar-refractivity contribution in [2.75, 3.05) is 37.3 Å². The minimum absolute atomic E-state index is 0.330. The van der Waals surface area contributed by atoms with Gasteiger partial charge in [0.15, 0.2) is 0 Å². The number of nitrogens with zero attached hydrogens (tertiary/aromatic N) is 4. The minimum Gasteiger partial charge on any atom is -0.368 e. The number of aromatic nitrogens is 2. The van der Waals surface area contributed by atoms with Gasteiger partial charge in [0.1, 0.15) is 5.82 Å². The van der Waals surface area contributed by atoms with Crippen LogP contribution in [0.4, 0.5) is 11.8 Å². The molecule has 2 aliphatic rings. The van der Waals surface area contributed by atoms with E-state index >= 15 is 0 Å². The summed E-state index contributed by atoms with van der Waals surface area (Å²) in [5.74, 6) is 1.81. The Kier molecular flexibility index (Phi) is 4.34. The molecule has 132 valence electrons. The molecule has 0 amide bonds. The number of fused-ring (bicyclic) bond motifs is 1. The topological polar surface area (TPSA) is 58.3 Å². The summed E-state index contributed by atoms with van der Waals surface area (Å²) in [7, 11) is 2.18. The van der Waals surface area contributed by atoms with Gasteiger partial charge in [-0.1, -0.05) is 30.3 Å². The summed E-state index contributed by atoms with van der Waals surface area (Å²) in [4.78, 5) is 14.2. The molecule has 2 N–H and O–H groups in total. The van der Waals surface area contributed by atoms with E-state index in [-0.39, 0.29) is 0 Å². The summed E-state index contributed by atoms with van der Waals surface area (Å²) in [5.41, 5.74) is 9.93. The number of benzene rings is 1. The summed E-state index contributed by atoms with van der Waals surface area (Å²) in [6.07, 6.45) is 3.35. The van der Waals surface area contributed by atoms with E-state index in [9.17, 15) is 0 Å². The van der Waals surface area contributed by atoms with Crippen molar-refractivity contribution in [2.24, 2.45) is 0 Å². The zero-order valence-corrected chi connectivity index (χ0v) is 15.2. The van der Waals surface area contributed by atoms with E-state index < -0.39 is 0 Å². The normalized spacial score (nSPS) is 24.2. The summed E-state index contributed by atoms with van der Waals surface area (Å²) in [6, 6.07) is 11.1. The molecule has 1 aromatic carbocycles. The number of nitrogen functional groups attached to an aromatic ring is 1. The molecule has 5 nitrogen and oxygen atoms in total. The predicted molar refractivity (Wildman–Crippen MR) is 102 cm³/mol. The van der Waals surface area contributed by atoms with Crippen LogP contribution >= 0.6 is 0 Å². The first-order valence-corrected chi connectivity index (χ1v) is 9.30. The van der Waals surface area contributed by atoms with Gasteiger partial charge in [0.2, 0.25) is 5.95 Å². The monoisotopic (exact) mass is 337 g/mol. The van der Waals surface area contributed by atoms with Crippen LogP contribution < -0.4 is 10.6 Å². The lowest BCUT2D eigenvalue weighted by atomic mass is 9.82. The number of hydrogen-bond donors (Lipinski definition) is 1. The summed E-state index contributed by atoms with van der Waals surface area (Å²) < 4.78 is 0. The lowest BCUT2D eigenvalue weighted by Gasteiger charge is -2.40. The van der Waals surface area contributed by atoms with Crippen LogP contribution in [0.5, 0.6) is 0 Å². The number of nitrogens with two attached hydrogens (primary N) is 1. The maximum atomic E-state index is 6.14. The Balaban J connectivity index is 1.77. The third-order valence-electron chi connectivity index (χ3n) is 5.59. The number of rotatable bonds is 2. The van der Waals surface area contributed by atoms with Crippen molar-refractivity contribution >= 4 is 11.8 Å². The Morgan fingerprint density at radius 3 is 2.68 bits per heavy atom. The van der Waals surface area contributed by atoms with Gasteiger partial charge in [0.25, 0.3) is 0 Å². The van der Waals surface area contributed by atoms with E-state index in [2.05, 4.69) is 59.1 Å². The van der Waals surface area contributed by atoms with Crippen molar-refractivity contribution in [3.63, 3.8) is 0 Å². The highest BCUT2D eigenvalue weighted by molar-refractivity contribution is 5.56. The number of anilines is 2. The highest BCUT2D eigenvalue weighted by Crippen LogP contribution is 2.39. The molecule has 1 aromatic heterocycles. The van der Waals surface area contributed by atoms with Gasteiger partial charge >= 0.3 is 0 Å². The molecule has 2 aromatic rings. The Morgan fingerprint density at radius 1 is 1.12 bits per heavy atom. The smallest absolute Gasteiger partial charge is 0.222 e. The molecule has 2 heterocycles. The average Bonchev–Trinajstić information content (AvgIpc) is 2.61. The number of hydrogen-bond acceptors (Lipinski definition) is 5. The van der Waals surface area contributed by atoms with Gasteiger partial charge in [-0.25, -0.2) is 4.98 Å². The van der Waals surface area contributed by atoms with Crippen LogP contribution in [0.2, 0.25) is 0 Å². The lowest BCUT2D eigenvalue weighted by Crippen LogP contribution is -2.51. The molecular formula is C20H27N5. The van der Waals surface area contributed by atoms with Crippen LogP contribution in [0.1, 0.15) is 42.5 Å². The molecule has 1 saturated heterocycles. The second-order valence-electron chi connectivity index (χ2n) is 7.43. The molecule has 1 fully saturated rings. The first kappa shape index (κ1) is 16.3. The molecule has 5 heteroatoms. The van der Waals surface area contributed by atoms with Gasteiger partial charge in [0, 0.05) is 37.2 Å². The molecular weight excluding hydrogens is 310 g/mol. The summed E-state index contributed by atoms with van der Waals surface area (Å²) in [6.45, 7) is 5.39. The fourth-order valence-corrected chi connectivity index (χ4v) is 4.36. The fourth-order valence-electron chi connectivity index (χ4n) is 4.36. The quantitative estimate of drug-likeness (QED) is 0.913. The second kappa shape index (κ2) is 6.64. The lowest BCUT2D eigenvalue weighted by molar-refractivity contribution is 0.274. The molecule has 25 heavy (non-hydrogen) atoms. The molecule has 0 radical (unpaired) electrons. The molecule has 2 atom stereocenters. The van der Waals surface area contributed by atoms with Crippen LogP contribution in [0.3, 0.4) is 0 Å². The zero-order chi connectivity index (χ0) is 17.4. The van der Waals surface area contributed by atoms with Crippen molar-refractivity contribution in [3.05, 3.63) is 47.2 Å². The van der Waals surface area contributed by atoms with Crippen LogP contribution in [0, 0.1) is 0 Å². The Labute approximate surface area is 149 Å². The maximum absolute atomic E-state index is 6.14. The standard InChI is InChI=1S/C20H27N5/c1-14-13-24(2)11-12-25(14)19-17-10-6-9-16(15-7-4-3-5-8-15)18(17)22-20(21)23-19/h3-5,7-8,14,16H,6,9-13H2,1-2H3,(H2,21,22,23). The number of likely N-dealkylation sites (N-methyl/N-ethyl adjacent to an activating group) is 1. The van der Waals surface area contributed by atoms with E-state index in [1.54, 1.807) is 0 Å². The van der Waals surface area contributed by atoms with Gasteiger partial charge < -0.3 is 15.5 Å². The number of piperazine rings is 1. The van der Waals surface area contributed by atoms with E-state index in [1.165, 1.54) is 17.5 Å². The van der Waals surface area contributed by atoms with Crippen LogP contribution in [0.25, 0.3) is 0 Å². The van der Waals surface area contributed by atoms with Crippen molar-refractivity contribution in [1.29, 1.82) is 0 Å². The highest BCUT2D eigenvalue weighted by Gasteiger charge is 2.31. The summed E-state index contributed by atoms with van der Waals surface area (Å²) >= 11 is 0. The maximum Gasteiger partial charge on any atom is 0.222 e. The third-order valence-corrected chi connectivity index (χ3v) is 5.59. The van der Waals surface area contributed by atoms with Crippen LogP contribution in [-0.2, 0) is 6.42 Å². The van der Waals surface area contributed by atoms with Crippen LogP contribution in [-0.4, -0.2) is 47.6 Å². The van der Waals surface area contributed by atoms with Gasteiger partial charge in [-0.2, -0.15) is 4.98 Å². The average molecular weight is 337 g/mol. The van der Waals surface area contributed by atoms with E-state index in [4.69, 9.17) is 10.7 Å². The fraction of sp³-hybridized carbons (Fsp3) is 0.500. The Bertz CT molecular complexity index is 745. The molecule has 1 aliphatic carbocycles. The first-order chi connectivity index (χ1) is 12.1. The largest absolute Gasteiger partial charge is 0.368 e. The van der Waals surface area contributed by atoms with Crippen LogP contribution in [0.15, 0.2) is 30.3 Å². The summed E-state index contributed by atoms with van der Waals surface area (Å²) in [5, 5.41) is 0. The molecule has 2 unspecified atom stereocenters. The molecule has 0 spiro atoms. The van der Waals surface area contributed by atoms with Crippen molar-refractivity contribution in [2.45, 2.75) is 38.1 Å². The van der Waals surface area contributed by atoms with Gasteiger partial charge in [-0.3, -0.25) is 0 Å². The van der Waals surface area contributed by atoms with E-state index in [0.717, 1.165) is 44.0 Å². The predicted octanol–water partition coefficient (Wildman–Crippen LogP) is 2.67. The van der Waals surface area contributed by atoms with E-state index in [1.807, 2.05) is 0 Å². The highest BCUT2D eigenvalue weighted by atomic mass is 15.3. The Hall–Kier alpha value is -2.14. The van der Waals surface area contributed by atoms with Gasteiger partial charge in [0.05, 0.1) is 5.69 Å². The van der Waals surface area contributed by atoms with Crippen molar-refractivity contribution in [1.82, 2.24) is 14.9 Å². The molecule has 1 aliphatic heterocycles. The van der Waals surface area contributed by atoms with Gasteiger partial charge in [-0.05, 0) is 38.8 Å². The van der Waals surface area contributed by atoms with Gasteiger partial charge in [-0.15, -0.1) is 0 Å². The van der Waals surface area contributed by atoms with E-state index in [0.29, 0.717) is 17.9 Å². The Morgan fingerprint density at radius 2 is 1.92 bits per heavy atom.